The summed E-state index contributed by atoms with van der Waals surface area (Å²) in [6.07, 6.45) is 0.944. The highest BCUT2D eigenvalue weighted by Crippen LogP contribution is 2.34. The second-order valence-electron chi connectivity index (χ2n) is 5.25. The van der Waals surface area contributed by atoms with Crippen LogP contribution in [0.2, 0.25) is 0 Å². The molecule has 7 heteroatoms. The first-order valence-electron chi connectivity index (χ1n) is 8.24. The minimum Gasteiger partial charge on any atom is -0.490 e. The Kier molecular flexibility index (Phi) is 7.21. The van der Waals surface area contributed by atoms with Crippen LogP contribution in [0.3, 0.4) is 0 Å². The second-order valence-corrected chi connectivity index (χ2v) is 6.10. The van der Waals surface area contributed by atoms with Gasteiger partial charge in [0.2, 0.25) is 5.91 Å². The van der Waals surface area contributed by atoms with E-state index in [1.807, 2.05) is 37.4 Å². The Balaban J connectivity index is 2.10. The molecule has 1 amide bonds. The monoisotopic (exact) mass is 364 g/mol. The zero-order valence-electron chi connectivity index (χ0n) is 15.1. The number of thiazole rings is 1. The molecule has 1 aromatic carbocycles. The summed E-state index contributed by atoms with van der Waals surface area (Å²) in [5.74, 6) is 1.38. The van der Waals surface area contributed by atoms with Crippen molar-refractivity contribution in [3.63, 3.8) is 0 Å². The molecule has 136 valence electrons. The molecule has 0 aliphatic carbocycles. The van der Waals surface area contributed by atoms with E-state index >= 15 is 0 Å². The molecule has 2 rings (SSSR count). The van der Waals surface area contributed by atoms with Gasteiger partial charge in [0.15, 0.2) is 11.5 Å². The molecule has 0 unspecified atom stereocenters. The molecule has 25 heavy (non-hydrogen) atoms. The molecule has 0 aliphatic rings. The van der Waals surface area contributed by atoms with Gasteiger partial charge in [-0.05, 0) is 38.5 Å². The highest BCUT2D eigenvalue weighted by atomic mass is 32.1. The van der Waals surface area contributed by atoms with Gasteiger partial charge < -0.3 is 9.47 Å². The van der Waals surface area contributed by atoms with E-state index in [0.29, 0.717) is 26.1 Å². The average Bonchev–Trinajstić information content (AvgIpc) is 3.09. The first kappa shape index (κ1) is 19.2. The first-order chi connectivity index (χ1) is 12.1. The van der Waals surface area contributed by atoms with Crippen LogP contribution in [0.15, 0.2) is 23.6 Å². The van der Waals surface area contributed by atoms with Crippen molar-refractivity contribution < 1.29 is 19.1 Å². The normalized spacial score (nSPS) is 10.6. The van der Waals surface area contributed by atoms with Gasteiger partial charge in [-0.1, -0.05) is 0 Å². The van der Waals surface area contributed by atoms with Crippen LogP contribution in [-0.2, 0) is 16.1 Å². The van der Waals surface area contributed by atoms with Gasteiger partial charge in [0.1, 0.15) is 5.01 Å². The Morgan fingerprint density at radius 1 is 1.20 bits per heavy atom. The molecule has 0 atom stereocenters. The summed E-state index contributed by atoms with van der Waals surface area (Å²) >= 11 is 1.55. The lowest BCUT2D eigenvalue weighted by molar-refractivity contribution is -0.168. The Morgan fingerprint density at radius 2 is 1.92 bits per heavy atom. The molecule has 0 saturated carbocycles. The van der Waals surface area contributed by atoms with Gasteiger partial charge in [-0.15, -0.1) is 11.3 Å². The highest BCUT2D eigenvalue weighted by Gasteiger charge is 2.12. The summed E-state index contributed by atoms with van der Waals surface area (Å²) < 4.78 is 11.3. The van der Waals surface area contributed by atoms with Gasteiger partial charge in [-0.3, -0.25) is 9.63 Å². The molecule has 1 heterocycles. The van der Waals surface area contributed by atoms with Crippen molar-refractivity contribution in [2.45, 2.75) is 26.7 Å². The number of hydrogen-bond donors (Lipinski definition) is 0. The number of carbonyl (C=O) groups is 1. The maximum atomic E-state index is 11.8. The smallest absolute Gasteiger partial charge is 0.246 e. The molecular formula is C18H24N2O4S. The summed E-state index contributed by atoms with van der Waals surface area (Å²) in [5.41, 5.74) is 1.87. The van der Waals surface area contributed by atoms with Gasteiger partial charge in [0, 0.05) is 24.4 Å². The van der Waals surface area contributed by atoms with E-state index in [9.17, 15) is 4.79 Å². The fourth-order valence-corrected chi connectivity index (χ4v) is 3.08. The zero-order chi connectivity index (χ0) is 18.2. The number of carbonyl (C=O) groups excluding carboxylic acids is 1. The van der Waals surface area contributed by atoms with Crippen molar-refractivity contribution in [3.8, 4) is 22.1 Å². The third kappa shape index (κ3) is 5.17. The molecule has 1 aromatic heterocycles. The van der Waals surface area contributed by atoms with Crippen molar-refractivity contribution in [2.24, 2.45) is 0 Å². The molecule has 0 saturated heterocycles. The third-order valence-corrected chi connectivity index (χ3v) is 4.50. The molecule has 0 radical (unpaired) electrons. The number of nitrogens with zero attached hydrogens (tertiary/aromatic N) is 2. The number of amides is 1. The van der Waals surface area contributed by atoms with Crippen LogP contribution < -0.4 is 9.47 Å². The Labute approximate surface area is 152 Å². The highest BCUT2D eigenvalue weighted by molar-refractivity contribution is 7.13. The van der Waals surface area contributed by atoms with E-state index < -0.39 is 0 Å². The largest absolute Gasteiger partial charge is 0.490 e. The molecule has 0 aliphatic heterocycles. The number of aryl methyl sites for hydroxylation is 1. The number of rotatable bonds is 9. The summed E-state index contributed by atoms with van der Waals surface area (Å²) in [6, 6.07) is 5.82. The minimum atomic E-state index is -0.0725. The van der Waals surface area contributed by atoms with Crippen molar-refractivity contribution in [2.75, 3.05) is 27.4 Å². The lowest BCUT2D eigenvalue weighted by Crippen LogP contribution is -2.25. The third-order valence-electron chi connectivity index (χ3n) is 3.56. The standard InChI is InChI=1S/C18H24N2O4S/c1-5-23-15-9-7-13(11-16(15)24-6-2)18-19-14(12-25-18)8-10-17(21)20(3)22-4/h7,9,11-12H,5-6,8,10H2,1-4H3. The molecule has 0 N–H and O–H groups in total. The number of hydroxylamine groups is 2. The Hall–Kier alpha value is -2.12. The van der Waals surface area contributed by atoms with Crippen molar-refractivity contribution in [3.05, 3.63) is 29.3 Å². The summed E-state index contributed by atoms with van der Waals surface area (Å²) in [4.78, 5) is 21.3. The maximum Gasteiger partial charge on any atom is 0.246 e. The van der Waals surface area contributed by atoms with E-state index in [-0.39, 0.29) is 5.91 Å². The molecular weight excluding hydrogens is 340 g/mol. The van der Waals surface area contributed by atoms with Gasteiger partial charge in [-0.2, -0.15) is 0 Å². The number of benzene rings is 1. The van der Waals surface area contributed by atoms with Gasteiger partial charge in [0.05, 0.1) is 26.0 Å². The van der Waals surface area contributed by atoms with Gasteiger partial charge >= 0.3 is 0 Å². The average molecular weight is 364 g/mol. The summed E-state index contributed by atoms with van der Waals surface area (Å²) in [5, 5.41) is 4.10. The summed E-state index contributed by atoms with van der Waals surface area (Å²) in [7, 11) is 3.07. The van der Waals surface area contributed by atoms with Crippen LogP contribution in [0.5, 0.6) is 11.5 Å². The van der Waals surface area contributed by atoms with E-state index in [1.54, 1.807) is 18.4 Å². The minimum absolute atomic E-state index is 0.0725. The fraction of sp³-hybridized carbons (Fsp3) is 0.444. The second kappa shape index (κ2) is 9.39. The van der Waals surface area contributed by atoms with Gasteiger partial charge in [-0.25, -0.2) is 10.0 Å². The predicted molar refractivity (Wildman–Crippen MR) is 98.0 cm³/mol. The molecule has 0 bridgehead atoms. The van der Waals surface area contributed by atoms with Crippen LogP contribution in [0.4, 0.5) is 0 Å². The molecule has 0 spiro atoms. The van der Waals surface area contributed by atoms with E-state index in [2.05, 4.69) is 4.98 Å². The van der Waals surface area contributed by atoms with Crippen LogP contribution in [0, 0.1) is 0 Å². The van der Waals surface area contributed by atoms with E-state index in [4.69, 9.17) is 14.3 Å². The van der Waals surface area contributed by atoms with Crippen LogP contribution in [0.1, 0.15) is 26.0 Å². The first-order valence-corrected chi connectivity index (χ1v) is 9.12. The molecule has 6 nitrogen and oxygen atoms in total. The van der Waals surface area contributed by atoms with Crippen LogP contribution >= 0.6 is 11.3 Å². The number of hydrogen-bond acceptors (Lipinski definition) is 6. The van der Waals surface area contributed by atoms with Crippen molar-refractivity contribution in [1.82, 2.24) is 10.0 Å². The lowest BCUT2D eigenvalue weighted by atomic mass is 10.2. The van der Waals surface area contributed by atoms with E-state index in [0.717, 1.165) is 27.8 Å². The quantitative estimate of drug-likeness (QED) is 0.637. The topological polar surface area (TPSA) is 60.9 Å². The summed E-state index contributed by atoms with van der Waals surface area (Å²) in [6.45, 7) is 5.05. The number of aromatic nitrogens is 1. The SMILES string of the molecule is CCOc1ccc(-c2nc(CCC(=O)N(C)OC)cs2)cc1OCC. The van der Waals surface area contributed by atoms with Gasteiger partial charge in [0.25, 0.3) is 0 Å². The lowest BCUT2D eigenvalue weighted by Gasteiger charge is -2.12. The number of ether oxygens (including phenoxy) is 2. The molecule has 2 aromatic rings. The van der Waals surface area contributed by atoms with Crippen LogP contribution in [0.25, 0.3) is 10.6 Å². The van der Waals surface area contributed by atoms with Crippen LogP contribution in [-0.4, -0.2) is 43.3 Å². The van der Waals surface area contributed by atoms with Crippen molar-refractivity contribution in [1.29, 1.82) is 0 Å². The predicted octanol–water partition coefficient (Wildman–Crippen LogP) is 3.56. The Bertz CT molecular complexity index is 702. The zero-order valence-corrected chi connectivity index (χ0v) is 15.9. The Morgan fingerprint density at radius 3 is 2.60 bits per heavy atom. The maximum absolute atomic E-state index is 11.8. The fourth-order valence-electron chi connectivity index (χ4n) is 2.23. The van der Waals surface area contributed by atoms with Crippen molar-refractivity contribution >= 4 is 17.2 Å². The molecule has 0 fully saturated rings. The van der Waals surface area contributed by atoms with E-state index in [1.165, 1.54) is 12.2 Å².